The summed E-state index contributed by atoms with van der Waals surface area (Å²) in [5, 5.41) is 3.16. The lowest BCUT2D eigenvalue weighted by Gasteiger charge is -2.07. The van der Waals surface area contributed by atoms with Crippen molar-refractivity contribution in [3.05, 3.63) is 60.2 Å². The molecule has 0 bridgehead atoms. The van der Waals surface area contributed by atoms with E-state index in [1.807, 2.05) is 18.2 Å². The van der Waals surface area contributed by atoms with Gasteiger partial charge >= 0.3 is 0 Å². The van der Waals surface area contributed by atoms with Crippen molar-refractivity contribution in [1.82, 2.24) is 5.32 Å². The van der Waals surface area contributed by atoms with Gasteiger partial charge in [0.05, 0.1) is 6.61 Å². The summed E-state index contributed by atoms with van der Waals surface area (Å²) in [6.45, 7) is 1.07. The molecule has 2 aromatic rings. The summed E-state index contributed by atoms with van der Waals surface area (Å²) >= 11 is 0. The number of ether oxygens (including phenoxy) is 1. The van der Waals surface area contributed by atoms with Crippen molar-refractivity contribution in [2.45, 2.75) is 13.0 Å². The number of hydrogen-bond donors (Lipinski definition) is 1. The number of rotatable bonds is 8. The van der Waals surface area contributed by atoms with Crippen molar-refractivity contribution in [2.24, 2.45) is 0 Å². The quantitative estimate of drug-likeness (QED) is 0.748. The summed E-state index contributed by atoms with van der Waals surface area (Å²) in [5.74, 6) is 0. The molecule has 2 nitrogen and oxygen atoms in total. The third-order valence-electron chi connectivity index (χ3n) is 3.06. The van der Waals surface area contributed by atoms with Gasteiger partial charge in [0.25, 0.3) is 6.43 Å². The molecule has 0 heterocycles. The van der Waals surface area contributed by atoms with E-state index in [0.717, 1.165) is 5.56 Å². The first-order valence-electron chi connectivity index (χ1n) is 6.96. The van der Waals surface area contributed by atoms with Crippen LogP contribution in [0.25, 0.3) is 11.1 Å². The minimum Gasteiger partial charge on any atom is -0.374 e. The zero-order chi connectivity index (χ0) is 14.9. The molecule has 0 atom stereocenters. The Labute approximate surface area is 123 Å². The average Bonchev–Trinajstić information content (AvgIpc) is 2.52. The van der Waals surface area contributed by atoms with Crippen LogP contribution in [0.4, 0.5) is 8.78 Å². The Kier molecular flexibility index (Phi) is 6.31. The number of benzene rings is 2. The summed E-state index contributed by atoms with van der Waals surface area (Å²) in [5.41, 5.74) is 3.53. The SMILES string of the molecule is FC(F)COCCNCc1ccc(-c2ccccc2)cc1. The summed E-state index contributed by atoms with van der Waals surface area (Å²) in [7, 11) is 0. The van der Waals surface area contributed by atoms with Crippen molar-refractivity contribution >= 4 is 0 Å². The van der Waals surface area contributed by atoms with Crippen LogP contribution in [0.3, 0.4) is 0 Å². The summed E-state index contributed by atoms with van der Waals surface area (Å²) in [6, 6.07) is 18.5. The molecule has 0 saturated heterocycles. The Morgan fingerprint density at radius 2 is 1.57 bits per heavy atom. The third kappa shape index (κ3) is 5.61. The molecule has 0 fully saturated rings. The molecule has 0 aliphatic carbocycles. The molecule has 1 N–H and O–H groups in total. The van der Waals surface area contributed by atoms with Crippen LogP contribution in [0.15, 0.2) is 54.6 Å². The lowest BCUT2D eigenvalue weighted by molar-refractivity contribution is 0.0187. The first-order valence-corrected chi connectivity index (χ1v) is 6.96. The van der Waals surface area contributed by atoms with Crippen molar-refractivity contribution in [3.8, 4) is 11.1 Å². The van der Waals surface area contributed by atoms with Gasteiger partial charge in [0.2, 0.25) is 0 Å². The highest BCUT2D eigenvalue weighted by Gasteiger charge is 2.01. The van der Waals surface area contributed by atoms with Gasteiger partial charge in [-0.25, -0.2) is 8.78 Å². The molecular formula is C17H19F2NO. The van der Waals surface area contributed by atoms with Gasteiger partial charge in [-0.1, -0.05) is 54.6 Å². The maximum absolute atomic E-state index is 11.8. The van der Waals surface area contributed by atoms with Crippen LogP contribution >= 0.6 is 0 Å². The summed E-state index contributed by atoms with van der Waals surface area (Å²) < 4.78 is 28.5. The second kappa shape index (κ2) is 8.49. The van der Waals surface area contributed by atoms with E-state index in [1.54, 1.807) is 0 Å². The van der Waals surface area contributed by atoms with Crippen molar-refractivity contribution in [1.29, 1.82) is 0 Å². The zero-order valence-electron chi connectivity index (χ0n) is 11.8. The van der Waals surface area contributed by atoms with E-state index >= 15 is 0 Å². The van der Waals surface area contributed by atoms with Crippen molar-refractivity contribution in [2.75, 3.05) is 19.8 Å². The molecule has 0 amide bonds. The molecule has 0 saturated carbocycles. The lowest BCUT2D eigenvalue weighted by Crippen LogP contribution is -2.20. The van der Waals surface area contributed by atoms with Crippen LogP contribution in [-0.4, -0.2) is 26.2 Å². The Bertz CT molecular complexity index is 514. The molecule has 2 rings (SSSR count). The first kappa shape index (κ1) is 15.6. The Hall–Kier alpha value is -1.78. The number of alkyl halides is 2. The van der Waals surface area contributed by atoms with E-state index in [1.165, 1.54) is 11.1 Å². The molecule has 0 unspecified atom stereocenters. The van der Waals surface area contributed by atoms with Gasteiger partial charge in [0.15, 0.2) is 0 Å². The van der Waals surface area contributed by atoms with E-state index in [2.05, 4.69) is 41.7 Å². The predicted octanol–water partition coefficient (Wildman–Crippen LogP) is 3.72. The first-order chi connectivity index (χ1) is 10.3. The minimum atomic E-state index is -2.39. The largest absolute Gasteiger partial charge is 0.374 e. The maximum Gasteiger partial charge on any atom is 0.261 e. The van der Waals surface area contributed by atoms with Crippen LogP contribution in [0.2, 0.25) is 0 Å². The van der Waals surface area contributed by atoms with Gasteiger partial charge in [-0.2, -0.15) is 0 Å². The van der Waals surface area contributed by atoms with E-state index in [0.29, 0.717) is 19.7 Å². The number of halogens is 2. The Balaban J connectivity index is 1.73. The normalized spacial score (nSPS) is 11.0. The van der Waals surface area contributed by atoms with E-state index in [9.17, 15) is 8.78 Å². The number of hydrogen-bond acceptors (Lipinski definition) is 2. The molecule has 0 radical (unpaired) electrons. The summed E-state index contributed by atoms with van der Waals surface area (Å²) in [6.07, 6.45) is -2.39. The molecule has 2 aromatic carbocycles. The molecule has 0 spiro atoms. The van der Waals surface area contributed by atoms with Crippen LogP contribution in [0.5, 0.6) is 0 Å². The van der Waals surface area contributed by atoms with Gasteiger partial charge in [-0.05, 0) is 16.7 Å². The smallest absolute Gasteiger partial charge is 0.261 e. The highest BCUT2D eigenvalue weighted by molar-refractivity contribution is 5.63. The molecular weight excluding hydrogens is 272 g/mol. The fourth-order valence-electron chi connectivity index (χ4n) is 2.00. The van der Waals surface area contributed by atoms with Crippen molar-refractivity contribution < 1.29 is 13.5 Å². The fraction of sp³-hybridized carbons (Fsp3) is 0.294. The monoisotopic (exact) mass is 291 g/mol. The third-order valence-corrected chi connectivity index (χ3v) is 3.06. The van der Waals surface area contributed by atoms with E-state index in [-0.39, 0.29) is 0 Å². The highest BCUT2D eigenvalue weighted by Crippen LogP contribution is 2.19. The molecule has 4 heteroatoms. The standard InChI is InChI=1S/C17H19F2NO/c18-17(19)13-21-11-10-20-12-14-6-8-16(9-7-14)15-4-2-1-3-5-15/h1-9,17,20H,10-13H2. The zero-order valence-corrected chi connectivity index (χ0v) is 11.8. The highest BCUT2D eigenvalue weighted by atomic mass is 19.3. The van der Waals surface area contributed by atoms with Gasteiger partial charge in [0, 0.05) is 13.1 Å². The van der Waals surface area contributed by atoms with Gasteiger partial charge in [-0.15, -0.1) is 0 Å². The minimum absolute atomic E-state index is 0.298. The van der Waals surface area contributed by atoms with Crippen LogP contribution in [0.1, 0.15) is 5.56 Å². The van der Waals surface area contributed by atoms with Crippen molar-refractivity contribution in [3.63, 3.8) is 0 Å². The Morgan fingerprint density at radius 3 is 2.24 bits per heavy atom. The van der Waals surface area contributed by atoms with Gasteiger partial charge < -0.3 is 10.1 Å². The van der Waals surface area contributed by atoms with E-state index < -0.39 is 13.0 Å². The van der Waals surface area contributed by atoms with Gasteiger partial charge in [-0.3, -0.25) is 0 Å². The molecule has 0 aliphatic heterocycles. The molecule has 0 aliphatic rings. The fourth-order valence-corrected chi connectivity index (χ4v) is 2.00. The average molecular weight is 291 g/mol. The Morgan fingerprint density at radius 1 is 0.905 bits per heavy atom. The number of nitrogens with one attached hydrogen (secondary N) is 1. The lowest BCUT2D eigenvalue weighted by atomic mass is 10.0. The predicted molar refractivity (Wildman–Crippen MR) is 80.4 cm³/mol. The molecule has 21 heavy (non-hydrogen) atoms. The molecule has 112 valence electrons. The summed E-state index contributed by atoms with van der Waals surface area (Å²) in [4.78, 5) is 0. The topological polar surface area (TPSA) is 21.3 Å². The second-order valence-corrected chi connectivity index (χ2v) is 4.71. The van der Waals surface area contributed by atoms with Crippen LogP contribution in [0, 0.1) is 0 Å². The van der Waals surface area contributed by atoms with E-state index in [4.69, 9.17) is 4.74 Å². The molecule has 0 aromatic heterocycles. The van der Waals surface area contributed by atoms with Gasteiger partial charge in [0.1, 0.15) is 6.61 Å². The second-order valence-electron chi connectivity index (χ2n) is 4.71. The van der Waals surface area contributed by atoms with Crippen LogP contribution in [-0.2, 0) is 11.3 Å². The maximum atomic E-state index is 11.8. The van der Waals surface area contributed by atoms with Crippen LogP contribution < -0.4 is 5.32 Å².